The fourth-order valence-electron chi connectivity index (χ4n) is 3.82. The van der Waals surface area contributed by atoms with E-state index in [2.05, 4.69) is 15.2 Å². The van der Waals surface area contributed by atoms with Crippen LogP contribution < -0.4 is 15.0 Å². The van der Waals surface area contributed by atoms with Gasteiger partial charge < -0.3 is 20.1 Å². The number of nitrogens with one attached hydrogen (secondary N) is 1. The summed E-state index contributed by atoms with van der Waals surface area (Å²) in [5.41, 5.74) is 3.56. The van der Waals surface area contributed by atoms with Crippen molar-refractivity contribution in [2.24, 2.45) is 0 Å². The van der Waals surface area contributed by atoms with E-state index in [-0.39, 0.29) is 18.6 Å². The monoisotopic (exact) mass is 382 g/mol. The summed E-state index contributed by atoms with van der Waals surface area (Å²) in [6.45, 7) is 4.47. The molecule has 0 saturated carbocycles. The predicted octanol–water partition coefficient (Wildman–Crippen LogP) is 2.00. The van der Waals surface area contributed by atoms with E-state index in [0.29, 0.717) is 12.1 Å². The third-order valence-electron chi connectivity index (χ3n) is 5.36. The van der Waals surface area contributed by atoms with Crippen LogP contribution in [0.1, 0.15) is 46.6 Å². The van der Waals surface area contributed by atoms with Gasteiger partial charge in [0.25, 0.3) is 5.91 Å². The van der Waals surface area contributed by atoms with Crippen LogP contribution in [-0.2, 0) is 13.0 Å². The molecule has 0 unspecified atom stereocenters. The summed E-state index contributed by atoms with van der Waals surface area (Å²) in [6.07, 6.45) is 5.29. The van der Waals surface area contributed by atoms with Gasteiger partial charge in [-0.2, -0.15) is 0 Å². The molecule has 148 valence electrons. The number of ether oxygens (including phenoxy) is 1. The molecule has 0 aromatic carbocycles. The number of aryl methyl sites for hydroxylation is 2. The van der Waals surface area contributed by atoms with Gasteiger partial charge in [-0.3, -0.25) is 9.78 Å². The zero-order valence-corrected chi connectivity index (χ0v) is 16.1. The Bertz CT molecular complexity index is 845. The maximum Gasteiger partial charge on any atom is 0.253 e. The number of fused-ring (bicyclic) bond motifs is 1. The van der Waals surface area contributed by atoms with Crippen LogP contribution in [0.2, 0.25) is 0 Å². The molecule has 2 aliphatic rings. The summed E-state index contributed by atoms with van der Waals surface area (Å²) in [5.74, 6) is 1.74. The van der Waals surface area contributed by atoms with E-state index < -0.39 is 0 Å². The Morgan fingerprint density at radius 1 is 1.32 bits per heavy atom. The van der Waals surface area contributed by atoms with Gasteiger partial charge in [-0.05, 0) is 43.5 Å². The third-order valence-corrected chi connectivity index (χ3v) is 5.36. The van der Waals surface area contributed by atoms with E-state index in [0.717, 1.165) is 67.3 Å². The molecule has 7 nitrogen and oxygen atoms in total. The number of aromatic nitrogens is 2. The minimum Gasteiger partial charge on any atom is -0.489 e. The fraction of sp³-hybridized carbons (Fsp3) is 0.476. The van der Waals surface area contributed by atoms with Crippen molar-refractivity contribution in [2.45, 2.75) is 45.3 Å². The molecule has 0 atom stereocenters. The molecule has 0 spiro atoms. The van der Waals surface area contributed by atoms with Gasteiger partial charge in [0.05, 0.1) is 24.0 Å². The SMILES string of the molecule is Cc1cc2c(nc1N1CCC(Oc3ccc(CCCO)nc3)CC1)CNC2=O. The molecule has 4 rings (SSSR count). The zero-order valence-electron chi connectivity index (χ0n) is 16.1. The molecule has 1 amide bonds. The highest BCUT2D eigenvalue weighted by Gasteiger charge is 2.26. The van der Waals surface area contributed by atoms with Gasteiger partial charge >= 0.3 is 0 Å². The van der Waals surface area contributed by atoms with Crippen molar-refractivity contribution < 1.29 is 14.6 Å². The van der Waals surface area contributed by atoms with Crippen LogP contribution >= 0.6 is 0 Å². The highest BCUT2D eigenvalue weighted by atomic mass is 16.5. The summed E-state index contributed by atoms with van der Waals surface area (Å²) < 4.78 is 6.10. The number of aliphatic hydroxyl groups excluding tert-OH is 1. The van der Waals surface area contributed by atoms with Gasteiger partial charge in [-0.1, -0.05) is 0 Å². The molecule has 0 radical (unpaired) electrons. The number of amides is 1. The van der Waals surface area contributed by atoms with Crippen molar-refractivity contribution >= 4 is 11.7 Å². The Balaban J connectivity index is 1.34. The number of rotatable bonds is 6. The van der Waals surface area contributed by atoms with E-state index in [9.17, 15) is 4.79 Å². The molecular formula is C21H26N4O3. The molecule has 1 fully saturated rings. The smallest absolute Gasteiger partial charge is 0.253 e. The lowest BCUT2D eigenvalue weighted by Crippen LogP contribution is -2.39. The number of carbonyl (C=O) groups excluding carboxylic acids is 1. The number of carbonyl (C=O) groups is 1. The lowest BCUT2D eigenvalue weighted by Gasteiger charge is -2.33. The molecule has 2 N–H and O–H groups in total. The predicted molar refractivity (Wildman–Crippen MR) is 106 cm³/mol. The second kappa shape index (κ2) is 8.14. The maximum absolute atomic E-state index is 11.8. The molecule has 7 heteroatoms. The Labute approximate surface area is 164 Å². The zero-order chi connectivity index (χ0) is 19.5. The second-order valence-electron chi connectivity index (χ2n) is 7.42. The van der Waals surface area contributed by atoms with Gasteiger partial charge in [0.1, 0.15) is 17.7 Å². The van der Waals surface area contributed by atoms with Crippen molar-refractivity contribution in [3.05, 3.63) is 46.9 Å². The topological polar surface area (TPSA) is 87.6 Å². The molecule has 0 aliphatic carbocycles. The largest absolute Gasteiger partial charge is 0.489 e. The summed E-state index contributed by atoms with van der Waals surface area (Å²) in [6, 6.07) is 5.88. The Hall–Kier alpha value is -2.67. The molecule has 1 saturated heterocycles. The molecule has 2 aromatic rings. The molecule has 2 aromatic heterocycles. The molecule has 4 heterocycles. The number of hydrogen-bond donors (Lipinski definition) is 2. The van der Waals surface area contributed by atoms with Crippen LogP contribution in [0.5, 0.6) is 5.75 Å². The van der Waals surface area contributed by atoms with Crippen LogP contribution in [0, 0.1) is 6.92 Å². The van der Waals surface area contributed by atoms with E-state index in [1.54, 1.807) is 6.20 Å². The number of pyridine rings is 2. The minimum atomic E-state index is -0.0275. The Morgan fingerprint density at radius 2 is 2.14 bits per heavy atom. The lowest BCUT2D eigenvalue weighted by atomic mass is 10.1. The van der Waals surface area contributed by atoms with E-state index in [4.69, 9.17) is 14.8 Å². The van der Waals surface area contributed by atoms with E-state index in [1.807, 2.05) is 25.1 Å². The molecule has 0 bridgehead atoms. The van der Waals surface area contributed by atoms with Gasteiger partial charge in [0, 0.05) is 38.2 Å². The van der Waals surface area contributed by atoms with Crippen LogP contribution in [-0.4, -0.2) is 46.8 Å². The van der Waals surface area contributed by atoms with Crippen LogP contribution in [0.25, 0.3) is 0 Å². The van der Waals surface area contributed by atoms with Crippen LogP contribution in [0.15, 0.2) is 24.4 Å². The fourth-order valence-corrected chi connectivity index (χ4v) is 3.82. The van der Waals surface area contributed by atoms with Crippen molar-refractivity contribution in [3.63, 3.8) is 0 Å². The average Bonchev–Trinajstić information content (AvgIpc) is 3.07. The summed E-state index contributed by atoms with van der Waals surface area (Å²) in [4.78, 5) is 23.2. The molecular weight excluding hydrogens is 356 g/mol. The van der Waals surface area contributed by atoms with Gasteiger partial charge in [0.15, 0.2) is 0 Å². The number of aliphatic hydroxyl groups is 1. The number of hydrogen-bond acceptors (Lipinski definition) is 6. The third kappa shape index (κ3) is 3.94. The number of nitrogens with zero attached hydrogens (tertiary/aromatic N) is 3. The van der Waals surface area contributed by atoms with E-state index >= 15 is 0 Å². The Morgan fingerprint density at radius 3 is 2.86 bits per heavy atom. The van der Waals surface area contributed by atoms with Crippen molar-refractivity contribution in [2.75, 3.05) is 24.6 Å². The first-order chi connectivity index (χ1) is 13.6. The average molecular weight is 382 g/mol. The van der Waals surface area contributed by atoms with Crippen LogP contribution in [0.3, 0.4) is 0 Å². The first kappa shape index (κ1) is 18.7. The van der Waals surface area contributed by atoms with Crippen molar-refractivity contribution in [1.82, 2.24) is 15.3 Å². The second-order valence-corrected chi connectivity index (χ2v) is 7.42. The number of piperidine rings is 1. The number of anilines is 1. The highest BCUT2D eigenvalue weighted by Crippen LogP contribution is 2.27. The summed E-state index contributed by atoms with van der Waals surface area (Å²) in [7, 11) is 0. The standard InChI is InChI=1S/C21H26N4O3/c1-14-11-18-19(13-23-21(18)27)24-20(14)25-8-6-16(7-9-25)28-17-5-4-15(22-12-17)3-2-10-26/h4-5,11-12,16,26H,2-3,6-10,13H2,1H3,(H,23,27). The molecule has 2 aliphatic heterocycles. The van der Waals surface area contributed by atoms with Crippen LogP contribution in [0.4, 0.5) is 5.82 Å². The van der Waals surface area contributed by atoms with Crippen molar-refractivity contribution in [1.29, 1.82) is 0 Å². The quantitative estimate of drug-likeness (QED) is 0.795. The lowest BCUT2D eigenvalue weighted by molar-refractivity contribution is 0.0965. The first-order valence-electron chi connectivity index (χ1n) is 9.90. The first-order valence-corrected chi connectivity index (χ1v) is 9.90. The minimum absolute atomic E-state index is 0.0275. The van der Waals surface area contributed by atoms with Crippen molar-refractivity contribution in [3.8, 4) is 5.75 Å². The van der Waals surface area contributed by atoms with Gasteiger partial charge in [-0.25, -0.2) is 4.98 Å². The Kier molecular flexibility index (Phi) is 5.43. The molecule has 28 heavy (non-hydrogen) atoms. The van der Waals surface area contributed by atoms with Gasteiger partial charge in [0.2, 0.25) is 0 Å². The van der Waals surface area contributed by atoms with E-state index in [1.165, 1.54) is 0 Å². The maximum atomic E-state index is 11.8. The normalized spacial score (nSPS) is 16.8. The summed E-state index contributed by atoms with van der Waals surface area (Å²) in [5, 5.41) is 11.7. The highest BCUT2D eigenvalue weighted by molar-refractivity contribution is 5.98. The summed E-state index contributed by atoms with van der Waals surface area (Å²) >= 11 is 0. The van der Waals surface area contributed by atoms with Gasteiger partial charge in [-0.15, -0.1) is 0 Å².